The van der Waals surface area contributed by atoms with Gasteiger partial charge in [-0.15, -0.1) is 5.10 Å². The van der Waals surface area contributed by atoms with Crippen molar-refractivity contribution in [3.05, 3.63) is 53.1 Å². The predicted octanol–water partition coefficient (Wildman–Crippen LogP) is 2.84. The monoisotopic (exact) mass is 307 g/mol. The van der Waals surface area contributed by atoms with E-state index in [9.17, 15) is 8.78 Å². The first-order chi connectivity index (χ1) is 10.0. The lowest BCUT2D eigenvalue weighted by Crippen LogP contribution is -2.01. The van der Waals surface area contributed by atoms with Gasteiger partial charge in [-0.05, 0) is 40.8 Å². The van der Waals surface area contributed by atoms with Crippen LogP contribution in [0.4, 0.5) is 14.5 Å². The quantitative estimate of drug-likeness (QED) is 0.739. The number of rotatable bonds is 2. The van der Waals surface area contributed by atoms with Crippen LogP contribution in [0.3, 0.4) is 0 Å². The zero-order chi connectivity index (χ0) is 15.0. The second kappa shape index (κ2) is 5.10. The van der Waals surface area contributed by atoms with Crippen LogP contribution < -0.4 is 5.73 Å². The molecule has 1 aromatic heterocycles. The standard InChI is InChI=1S/C13H8ClF2N5/c14-11-3-7(1-2-12(11)17)13-18-19-20-21(13)10-5-8(15)4-9(16)6-10/h1-6H,17H2. The summed E-state index contributed by atoms with van der Waals surface area (Å²) in [5.41, 5.74) is 6.79. The largest absolute Gasteiger partial charge is 0.398 e. The third-order valence-electron chi connectivity index (χ3n) is 2.82. The highest BCUT2D eigenvalue weighted by molar-refractivity contribution is 6.33. The zero-order valence-corrected chi connectivity index (χ0v) is 11.2. The normalized spacial score (nSPS) is 10.8. The lowest BCUT2D eigenvalue weighted by atomic mass is 10.2. The Morgan fingerprint density at radius 1 is 1.05 bits per heavy atom. The van der Waals surface area contributed by atoms with Crippen LogP contribution in [0.1, 0.15) is 0 Å². The molecule has 0 aliphatic rings. The summed E-state index contributed by atoms with van der Waals surface area (Å²) in [6.07, 6.45) is 0. The van der Waals surface area contributed by atoms with Crippen LogP contribution >= 0.6 is 11.6 Å². The number of aromatic nitrogens is 4. The first-order valence-corrected chi connectivity index (χ1v) is 6.22. The maximum atomic E-state index is 13.3. The van der Waals surface area contributed by atoms with Gasteiger partial charge in [-0.3, -0.25) is 0 Å². The fraction of sp³-hybridized carbons (Fsp3) is 0. The Balaban J connectivity index is 2.14. The molecule has 0 amide bonds. The summed E-state index contributed by atoms with van der Waals surface area (Å²) >= 11 is 5.96. The van der Waals surface area contributed by atoms with Gasteiger partial charge in [0.05, 0.1) is 16.4 Å². The molecule has 2 aromatic carbocycles. The van der Waals surface area contributed by atoms with Crippen molar-refractivity contribution in [3.63, 3.8) is 0 Å². The molecule has 0 atom stereocenters. The molecule has 3 aromatic rings. The van der Waals surface area contributed by atoms with Gasteiger partial charge >= 0.3 is 0 Å². The first kappa shape index (κ1) is 13.4. The summed E-state index contributed by atoms with van der Waals surface area (Å²) in [7, 11) is 0. The van der Waals surface area contributed by atoms with Gasteiger partial charge in [0.15, 0.2) is 5.82 Å². The van der Waals surface area contributed by atoms with E-state index < -0.39 is 11.6 Å². The molecule has 0 saturated heterocycles. The van der Waals surface area contributed by atoms with Crippen molar-refractivity contribution in [1.82, 2.24) is 20.2 Å². The van der Waals surface area contributed by atoms with Gasteiger partial charge < -0.3 is 5.73 Å². The molecule has 1 heterocycles. The van der Waals surface area contributed by atoms with Gasteiger partial charge in [0.25, 0.3) is 0 Å². The maximum Gasteiger partial charge on any atom is 0.187 e. The number of nitrogens with two attached hydrogens (primary N) is 1. The smallest absolute Gasteiger partial charge is 0.187 e. The van der Waals surface area contributed by atoms with Crippen LogP contribution in [-0.2, 0) is 0 Å². The molecule has 5 nitrogen and oxygen atoms in total. The third kappa shape index (κ3) is 2.55. The Hall–Kier alpha value is -2.54. The zero-order valence-electron chi connectivity index (χ0n) is 10.5. The van der Waals surface area contributed by atoms with E-state index in [0.717, 1.165) is 18.2 Å². The molecule has 0 saturated carbocycles. The minimum atomic E-state index is -0.721. The SMILES string of the molecule is Nc1ccc(-c2nnnn2-c2cc(F)cc(F)c2)cc1Cl. The van der Waals surface area contributed by atoms with Crippen molar-refractivity contribution in [2.75, 3.05) is 5.73 Å². The van der Waals surface area contributed by atoms with Crippen molar-refractivity contribution >= 4 is 17.3 Å². The molecule has 21 heavy (non-hydrogen) atoms. The molecular weight excluding hydrogens is 300 g/mol. The number of hydrogen-bond donors (Lipinski definition) is 1. The van der Waals surface area contributed by atoms with Crippen molar-refractivity contribution in [3.8, 4) is 17.1 Å². The Bertz CT molecular complexity index is 798. The number of anilines is 1. The van der Waals surface area contributed by atoms with E-state index >= 15 is 0 Å². The molecular formula is C13H8ClF2N5. The molecule has 8 heteroatoms. The van der Waals surface area contributed by atoms with Crippen LogP contribution in [0.15, 0.2) is 36.4 Å². The summed E-state index contributed by atoms with van der Waals surface area (Å²) in [4.78, 5) is 0. The van der Waals surface area contributed by atoms with Crippen LogP contribution in [0.25, 0.3) is 17.1 Å². The number of nitrogen functional groups attached to an aromatic ring is 1. The van der Waals surface area contributed by atoms with Gasteiger partial charge in [-0.2, -0.15) is 4.68 Å². The van der Waals surface area contributed by atoms with Gasteiger partial charge in [-0.25, -0.2) is 8.78 Å². The van der Waals surface area contributed by atoms with Crippen molar-refractivity contribution in [1.29, 1.82) is 0 Å². The van der Waals surface area contributed by atoms with E-state index in [0.29, 0.717) is 22.1 Å². The summed E-state index contributed by atoms with van der Waals surface area (Å²) < 4.78 is 27.8. The van der Waals surface area contributed by atoms with Crippen molar-refractivity contribution in [2.45, 2.75) is 0 Å². The molecule has 106 valence electrons. The van der Waals surface area contributed by atoms with Gasteiger partial charge in [-0.1, -0.05) is 11.6 Å². The second-order valence-electron chi connectivity index (χ2n) is 4.28. The molecule has 2 N–H and O–H groups in total. The highest BCUT2D eigenvalue weighted by Crippen LogP contribution is 2.26. The minimum absolute atomic E-state index is 0.167. The highest BCUT2D eigenvalue weighted by Gasteiger charge is 2.13. The molecule has 0 fully saturated rings. The Morgan fingerprint density at radius 2 is 1.76 bits per heavy atom. The minimum Gasteiger partial charge on any atom is -0.398 e. The Kier molecular flexibility index (Phi) is 3.26. The summed E-state index contributed by atoms with van der Waals surface area (Å²) in [6.45, 7) is 0. The van der Waals surface area contributed by atoms with E-state index in [1.807, 2.05) is 0 Å². The predicted molar refractivity (Wildman–Crippen MR) is 73.9 cm³/mol. The Labute approximate surface area is 123 Å². The lowest BCUT2D eigenvalue weighted by Gasteiger charge is -2.06. The van der Waals surface area contributed by atoms with Crippen molar-refractivity contribution in [2.24, 2.45) is 0 Å². The van der Waals surface area contributed by atoms with E-state index in [4.69, 9.17) is 17.3 Å². The van der Waals surface area contributed by atoms with Crippen LogP contribution in [0, 0.1) is 11.6 Å². The molecule has 0 aliphatic heterocycles. The first-order valence-electron chi connectivity index (χ1n) is 5.85. The van der Waals surface area contributed by atoms with Gasteiger partial charge in [0, 0.05) is 11.6 Å². The number of halogens is 3. The van der Waals surface area contributed by atoms with Gasteiger partial charge in [0.1, 0.15) is 11.6 Å². The number of nitrogens with zero attached hydrogens (tertiary/aromatic N) is 4. The number of benzene rings is 2. The topological polar surface area (TPSA) is 69.6 Å². The highest BCUT2D eigenvalue weighted by atomic mass is 35.5. The van der Waals surface area contributed by atoms with E-state index in [2.05, 4.69) is 15.5 Å². The molecule has 0 aliphatic carbocycles. The second-order valence-corrected chi connectivity index (χ2v) is 4.69. The summed E-state index contributed by atoms with van der Waals surface area (Å²) in [6, 6.07) is 7.87. The van der Waals surface area contributed by atoms with Crippen LogP contribution in [-0.4, -0.2) is 20.2 Å². The molecule has 3 rings (SSSR count). The molecule has 0 radical (unpaired) electrons. The van der Waals surface area contributed by atoms with Crippen molar-refractivity contribution < 1.29 is 8.78 Å². The van der Waals surface area contributed by atoms with Crippen LogP contribution in [0.2, 0.25) is 5.02 Å². The van der Waals surface area contributed by atoms with Gasteiger partial charge in [0.2, 0.25) is 0 Å². The molecule has 0 spiro atoms. The molecule has 0 bridgehead atoms. The van der Waals surface area contributed by atoms with E-state index in [1.54, 1.807) is 18.2 Å². The average molecular weight is 308 g/mol. The van der Waals surface area contributed by atoms with E-state index in [-0.39, 0.29) is 5.69 Å². The fourth-order valence-electron chi connectivity index (χ4n) is 1.87. The van der Waals surface area contributed by atoms with Crippen LogP contribution in [0.5, 0.6) is 0 Å². The Morgan fingerprint density at radius 3 is 2.43 bits per heavy atom. The number of tetrazole rings is 1. The summed E-state index contributed by atoms with van der Waals surface area (Å²) in [5, 5.41) is 11.5. The summed E-state index contributed by atoms with van der Waals surface area (Å²) in [5.74, 6) is -1.15. The lowest BCUT2D eigenvalue weighted by molar-refractivity contribution is 0.579. The fourth-order valence-corrected chi connectivity index (χ4v) is 2.05. The maximum absolute atomic E-state index is 13.3. The average Bonchev–Trinajstić information content (AvgIpc) is 2.90. The number of hydrogen-bond acceptors (Lipinski definition) is 4. The molecule has 0 unspecified atom stereocenters. The van der Waals surface area contributed by atoms with E-state index in [1.165, 1.54) is 4.68 Å². The third-order valence-corrected chi connectivity index (χ3v) is 3.15.